The van der Waals surface area contributed by atoms with E-state index >= 15 is 0 Å². The summed E-state index contributed by atoms with van der Waals surface area (Å²) in [6.45, 7) is 0.561. The van der Waals surface area contributed by atoms with Gasteiger partial charge in [-0.3, -0.25) is 4.79 Å². The normalized spacial score (nSPS) is 13.1. The van der Waals surface area contributed by atoms with Crippen LogP contribution in [-0.2, 0) is 16.0 Å². The molecule has 0 aliphatic carbocycles. The van der Waals surface area contributed by atoms with Crippen molar-refractivity contribution in [3.8, 4) is 0 Å². The summed E-state index contributed by atoms with van der Waals surface area (Å²) < 4.78 is 4.72. The average molecular weight is 429 g/mol. The topological polar surface area (TPSA) is 87.7 Å². The van der Waals surface area contributed by atoms with Gasteiger partial charge in [0.2, 0.25) is 0 Å². The number of para-hydroxylation sites is 1. The van der Waals surface area contributed by atoms with Crippen LogP contribution in [0.25, 0.3) is 0 Å². The van der Waals surface area contributed by atoms with Crippen LogP contribution in [0.15, 0.2) is 78.9 Å². The number of carbonyl (C=O) groups is 3. The molecule has 3 aromatic carbocycles. The number of anilines is 2. The maximum Gasteiger partial charge on any atom is 0.337 e. The quantitative estimate of drug-likeness (QED) is 0.602. The lowest BCUT2D eigenvalue weighted by atomic mass is 10.1. The molecule has 3 amide bonds. The van der Waals surface area contributed by atoms with Crippen molar-refractivity contribution in [2.45, 2.75) is 12.5 Å². The van der Waals surface area contributed by atoms with Crippen molar-refractivity contribution >= 4 is 29.3 Å². The van der Waals surface area contributed by atoms with Crippen molar-refractivity contribution < 1.29 is 19.1 Å². The van der Waals surface area contributed by atoms with Gasteiger partial charge in [-0.1, -0.05) is 54.6 Å². The molecule has 1 aliphatic rings. The zero-order chi connectivity index (χ0) is 22.5. The highest BCUT2D eigenvalue weighted by Crippen LogP contribution is 2.30. The van der Waals surface area contributed by atoms with E-state index in [2.05, 4.69) is 10.6 Å². The van der Waals surface area contributed by atoms with Gasteiger partial charge in [-0.05, 0) is 41.8 Å². The smallest absolute Gasteiger partial charge is 0.337 e. The minimum Gasteiger partial charge on any atom is -0.465 e. The second kappa shape index (κ2) is 9.34. The molecule has 1 aliphatic heterocycles. The van der Waals surface area contributed by atoms with Crippen LogP contribution in [-0.4, -0.2) is 31.6 Å². The predicted octanol–water partition coefficient (Wildman–Crippen LogP) is 3.93. The maximum atomic E-state index is 13.5. The zero-order valence-electron chi connectivity index (χ0n) is 17.6. The first-order valence-corrected chi connectivity index (χ1v) is 10.3. The molecule has 0 bridgehead atoms. The monoisotopic (exact) mass is 429 g/mol. The van der Waals surface area contributed by atoms with Crippen LogP contribution >= 0.6 is 0 Å². The average Bonchev–Trinajstić information content (AvgIpc) is 3.26. The summed E-state index contributed by atoms with van der Waals surface area (Å²) in [5, 5.41) is 5.49. The number of nitrogens with one attached hydrogen (secondary N) is 2. The number of rotatable bonds is 5. The van der Waals surface area contributed by atoms with E-state index in [1.165, 1.54) is 13.2 Å². The molecule has 1 heterocycles. The number of hydrogen-bond donors (Lipinski definition) is 2. The molecule has 3 aromatic rings. The van der Waals surface area contributed by atoms with E-state index < -0.39 is 18.0 Å². The minimum atomic E-state index is -0.869. The van der Waals surface area contributed by atoms with Crippen molar-refractivity contribution in [2.24, 2.45) is 0 Å². The summed E-state index contributed by atoms with van der Waals surface area (Å²) in [6, 6.07) is 21.9. The van der Waals surface area contributed by atoms with E-state index in [0.717, 1.165) is 17.7 Å². The Hall–Kier alpha value is -4.13. The van der Waals surface area contributed by atoms with Crippen LogP contribution in [0.5, 0.6) is 0 Å². The van der Waals surface area contributed by atoms with Gasteiger partial charge in [-0.2, -0.15) is 0 Å². The van der Waals surface area contributed by atoms with E-state index in [1.807, 2.05) is 54.6 Å². The summed E-state index contributed by atoms with van der Waals surface area (Å²) in [5.41, 5.74) is 3.38. The van der Waals surface area contributed by atoms with Crippen LogP contribution in [0.1, 0.15) is 27.5 Å². The Kier molecular flexibility index (Phi) is 6.17. The number of fused-ring (bicyclic) bond motifs is 1. The standard InChI is InChI=1S/C25H23N3O4/c1-32-24(30)19-11-7-12-20(16-19)26-25(31)27-22(18-9-3-2-4-10-18)23(29)28-15-14-17-8-5-6-13-21(17)28/h2-13,16,22H,14-15H2,1H3,(H2,26,27,31). The maximum absolute atomic E-state index is 13.5. The summed E-state index contributed by atoms with van der Waals surface area (Å²) in [4.78, 5) is 39.8. The second-order valence-electron chi connectivity index (χ2n) is 7.38. The zero-order valence-corrected chi connectivity index (χ0v) is 17.6. The first kappa shape index (κ1) is 21.1. The molecule has 0 saturated carbocycles. The van der Waals surface area contributed by atoms with Crippen molar-refractivity contribution in [3.05, 3.63) is 95.6 Å². The fraction of sp³-hybridized carbons (Fsp3) is 0.160. The third kappa shape index (κ3) is 4.46. The van der Waals surface area contributed by atoms with Gasteiger partial charge in [0, 0.05) is 17.9 Å². The fourth-order valence-corrected chi connectivity index (χ4v) is 3.80. The Bertz CT molecular complexity index is 1150. The number of hydrogen-bond acceptors (Lipinski definition) is 4. The number of esters is 1. The minimum absolute atomic E-state index is 0.209. The van der Waals surface area contributed by atoms with Crippen molar-refractivity contribution in [2.75, 3.05) is 23.9 Å². The second-order valence-corrected chi connectivity index (χ2v) is 7.38. The molecule has 0 aromatic heterocycles. The summed E-state index contributed by atoms with van der Waals surface area (Å²) in [6.07, 6.45) is 0.774. The fourth-order valence-electron chi connectivity index (χ4n) is 3.80. The number of urea groups is 1. The van der Waals surface area contributed by atoms with Gasteiger partial charge < -0.3 is 20.3 Å². The van der Waals surface area contributed by atoms with Gasteiger partial charge in [0.25, 0.3) is 5.91 Å². The van der Waals surface area contributed by atoms with Gasteiger partial charge in [0.1, 0.15) is 6.04 Å². The van der Waals surface area contributed by atoms with Crippen molar-refractivity contribution in [3.63, 3.8) is 0 Å². The van der Waals surface area contributed by atoms with Crippen LogP contribution < -0.4 is 15.5 Å². The molecule has 2 N–H and O–H groups in total. The van der Waals surface area contributed by atoms with Crippen molar-refractivity contribution in [1.29, 1.82) is 0 Å². The Morgan fingerprint density at radius 3 is 2.47 bits per heavy atom. The lowest BCUT2D eigenvalue weighted by Gasteiger charge is -2.25. The highest BCUT2D eigenvalue weighted by molar-refractivity contribution is 6.02. The van der Waals surface area contributed by atoms with Crippen LogP contribution in [0.3, 0.4) is 0 Å². The van der Waals surface area contributed by atoms with Gasteiger partial charge in [0.15, 0.2) is 0 Å². The van der Waals surface area contributed by atoms with Crippen LogP contribution in [0.4, 0.5) is 16.2 Å². The Morgan fingerprint density at radius 2 is 1.69 bits per heavy atom. The predicted molar refractivity (Wildman–Crippen MR) is 122 cm³/mol. The van der Waals surface area contributed by atoms with Crippen LogP contribution in [0, 0.1) is 0 Å². The number of benzene rings is 3. The van der Waals surface area contributed by atoms with Gasteiger partial charge in [-0.15, -0.1) is 0 Å². The van der Waals surface area contributed by atoms with Gasteiger partial charge >= 0.3 is 12.0 Å². The summed E-state index contributed by atoms with van der Waals surface area (Å²) in [5.74, 6) is -0.710. The number of nitrogens with zero attached hydrogens (tertiary/aromatic N) is 1. The first-order chi connectivity index (χ1) is 15.6. The molecule has 1 unspecified atom stereocenters. The molecule has 7 nitrogen and oxygen atoms in total. The third-order valence-corrected chi connectivity index (χ3v) is 5.35. The van der Waals surface area contributed by atoms with E-state index in [4.69, 9.17) is 4.74 Å². The highest BCUT2D eigenvalue weighted by Gasteiger charge is 2.32. The molecule has 4 rings (SSSR count). The SMILES string of the molecule is COC(=O)c1cccc(NC(=O)NC(C(=O)N2CCc3ccccc32)c2ccccc2)c1. The lowest BCUT2D eigenvalue weighted by molar-refractivity contribution is -0.120. The molecule has 0 radical (unpaired) electrons. The molecule has 162 valence electrons. The van der Waals surface area contributed by atoms with E-state index in [1.54, 1.807) is 23.1 Å². The molecule has 7 heteroatoms. The molecule has 1 atom stereocenters. The van der Waals surface area contributed by atoms with E-state index in [0.29, 0.717) is 23.4 Å². The Balaban J connectivity index is 1.55. The lowest BCUT2D eigenvalue weighted by Crippen LogP contribution is -2.43. The largest absolute Gasteiger partial charge is 0.465 e. The van der Waals surface area contributed by atoms with Crippen molar-refractivity contribution in [1.82, 2.24) is 5.32 Å². The molecule has 0 saturated heterocycles. The number of ether oxygens (including phenoxy) is 1. The first-order valence-electron chi connectivity index (χ1n) is 10.3. The van der Waals surface area contributed by atoms with Crippen LogP contribution in [0.2, 0.25) is 0 Å². The Morgan fingerprint density at radius 1 is 0.938 bits per heavy atom. The number of carbonyl (C=O) groups excluding carboxylic acids is 3. The summed E-state index contributed by atoms with van der Waals surface area (Å²) >= 11 is 0. The molecule has 0 spiro atoms. The van der Waals surface area contributed by atoms with Gasteiger partial charge in [-0.25, -0.2) is 9.59 Å². The number of amides is 3. The Labute approximate surface area is 186 Å². The highest BCUT2D eigenvalue weighted by atomic mass is 16.5. The van der Waals surface area contributed by atoms with E-state index in [9.17, 15) is 14.4 Å². The molecular weight excluding hydrogens is 406 g/mol. The molecule has 0 fully saturated rings. The molecular formula is C25H23N3O4. The third-order valence-electron chi connectivity index (χ3n) is 5.35. The van der Waals surface area contributed by atoms with E-state index in [-0.39, 0.29) is 5.91 Å². The number of methoxy groups -OCH3 is 1. The molecule has 32 heavy (non-hydrogen) atoms. The van der Waals surface area contributed by atoms with Gasteiger partial charge in [0.05, 0.1) is 12.7 Å². The summed E-state index contributed by atoms with van der Waals surface area (Å²) in [7, 11) is 1.29.